The molecule has 0 aromatic rings. The highest BCUT2D eigenvalue weighted by atomic mass is 16.4. The van der Waals surface area contributed by atoms with E-state index in [1.165, 1.54) is 0 Å². The van der Waals surface area contributed by atoms with Crippen molar-refractivity contribution in [3.63, 3.8) is 0 Å². The van der Waals surface area contributed by atoms with E-state index in [2.05, 4.69) is 13.5 Å². The van der Waals surface area contributed by atoms with Gasteiger partial charge in [0.1, 0.15) is 0 Å². The second-order valence-corrected chi connectivity index (χ2v) is 4.61. The normalized spacial score (nSPS) is 31.6. The molecule has 14 heavy (non-hydrogen) atoms. The van der Waals surface area contributed by atoms with E-state index >= 15 is 0 Å². The summed E-state index contributed by atoms with van der Waals surface area (Å²) in [4.78, 5) is 11.2. The van der Waals surface area contributed by atoms with Crippen LogP contribution in [0.5, 0.6) is 0 Å². The Bertz CT molecular complexity index is 222. The minimum Gasteiger partial charge on any atom is -0.481 e. The van der Waals surface area contributed by atoms with Crippen molar-refractivity contribution in [2.24, 2.45) is 11.3 Å². The summed E-state index contributed by atoms with van der Waals surface area (Å²) in [6.45, 7) is 5.81. The number of carboxylic acid groups (broad SMARTS) is 1. The summed E-state index contributed by atoms with van der Waals surface area (Å²) >= 11 is 0. The maximum atomic E-state index is 11.2. The van der Waals surface area contributed by atoms with Crippen molar-refractivity contribution in [2.75, 3.05) is 0 Å². The van der Waals surface area contributed by atoms with Gasteiger partial charge in [-0.15, -0.1) is 6.58 Å². The van der Waals surface area contributed by atoms with Gasteiger partial charge >= 0.3 is 5.97 Å². The molecule has 1 fully saturated rings. The number of hydrogen-bond donors (Lipinski definition) is 1. The fraction of sp³-hybridized carbons (Fsp3) is 0.750. The van der Waals surface area contributed by atoms with Gasteiger partial charge in [-0.3, -0.25) is 4.79 Å². The highest BCUT2D eigenvalue weighted by Crippen LogP contribution is 2.45. The molecule has 2 atom stereocenters. The first-order chi connectivity index (χ1) is 6.60. The Hall–Kier alpha value is -0.790. The first-order valence-corrected chi connectivity index (χ1v) is 5.45. The number of unbranched alkanes of at least 4 members (excludes halogenated alkanes) is 1. The third-order valence-electron chi connectivity index (χ3n) is 3.37. The lowest BCUT2D eigenvalue weighted by Crippen LogP contribution is -2.28. The first kappa shape index (κ1) is 11.3. The van der Waals surface area contributed by atoms with Gasteiger partial charge in [-0.05, 0) is 44.4 Å². The molecule has 0 amide bonds. The molecule has 1 saturated carbocycles. The van der Waals surface area contributed by atoms with Crippen LogP contribution < -0.4 is 0 Å². The Morgan fingerprint density at radius 2 is 2.43 bits per heavy atom. The van der Waals surface area contributed by atoms with Crippen LogP contribution >= 0.6 is 0 Å². The summed E-state index contributed by atoms with van der Waals surface area (Å²) in [5, 5.41) is 9.26. The van der Waals surface area contributed by atoms with Crippen LogP contribution in [0, 0.1) is 11.3 Å². The quantitative estimate of drug-likeness (QED) is 0.541. The van der Waals surface area contributed by atoms with Gasteiger partial charge in [-0.1, -0.05) is 13.0 Å². The molecule has 0 bridgehead atoms. The number of carboxylic acids is 1. The molecule has 0 aromatic carbocycles. The zero-order valence-corrected chi connectivity index (χ0v) is 8.96. The Labute approximate surface area is 86.0 Å². The molecule has 2 heteroatoms. The Kier molecular flexibility index (Phi) is 3.73. The van der Waals surface area contributed by atoms with Crippen molar-refractivity contribution in [1.29, 1.82) is 0 Å². The molecular weight excluding hydrogens is 176 g/mol. The molecule has 0 spiro atoms. The second-order valence-electron chi connectivity index (χ2n) is 4.61. The van der Waals surface area contributed by atoms with Crippen LogP contribution in [0.15, 0.2) is 12.7 Å². The zero-order valence-electron chi connectivity index (χ0n) is 8.96. The number of aliphatic carboxylic acids is 1. The minimum atomic E-state index is -0.592. The lowest BCUT2D eigenvalue weighted by atomic mass is 9.80. The average molecular weight is 196 g/mol. The fourth-order valence-electron chi connectivity index (χ4n) is 2.51. The topological polar surface area (TPSA) is 37.3 Å². The molecule has 1 aliphatic carbocycles. The lowest BCUT2D eigenvalue weighted by molar-refractivity contribution is -0.149. The van der Waals surface area contributed by atoms with Crippen LogP contribution in [0.1, 0.15) is 45.4 Å². The van der Waals surface area contributed by atoms with Gasteiger partial charge in [-0.2, -0.15) is 0 Å². The predicted molar refractivity (Wildman–Crippen MR) is 57.1 cm³/mol. The van der Waals surface area contributed by atoms with Crippen LogP contribution in [-0.4, -0.2) is 11.1 Å². The number of allylic oxidation sites excluding steroid dienone is 1. The van der Waals surface area contributed by atoms with Crippen LogP contribution in [0.3, 0.4) is 0 Å². The fourth-order valence-corrected chi connectivity index (χ4v) is 2.51. The van der Waals surface area contributed by atoms with Crippen molar-refractivity contribution in [1.82, 2.24) is 0 Å². The summed E-state index contributed by atoms with van der Waals surface area (Å²) in [6, 6.07) is 0. The molecule has 0 aromatic heterocycles. The van der Waals surface area contributed by atoms with E-state index in [-0.39, 0.29) is 0 Å². The summed E-state index contributed by atoms with van der Waals surface area (Å²) < 4.78 is 0. The minimum absolute atomic E-state index is 0.414. The van der Waals surface area contributed by atoms with E-state index in [0.29, 0.717) is 5.92 Å². The predicted octanol–water partition coefficient (Wildman–Crippen LogP) is 3.23. The van der Waals surface area contributed by atoms with Gasteiger partial charge in [0.25, 0.3) is 0 Å². The Balaban J connectivity index is 2.54. The molecule has 0 heterocycles. The summed E-state index contributed by atoms with van der Waals surface area (Å²) in [5.41, 5.74) is -0.414. The second kappa shape index (κ2) is 4.63. The van der Waals surface area contributed by atoms with E-state index in [4.69, 9.17) is 0 Å². The van der Waals surface area contributed by atoms with Gasteiger partial charge in [0.15, 0.2) is 0 Å². The maximum absolute atomic E-state index is 11.2. The SMILES string of the molecule is C=CCCCC1(C(=O)O)CCC(C)C1. The van der Waals surface area contributed by atoms with E-state index in [1.54, 1.807) is 0 Å². The zero-order chi connectivity index (χ0) is 10.6. The van der Waals surface area contributed by atoms with Crippen molar-refractivity contribution in [3.8, 4) is 0 Å². The van der Waals surface area contributed by atoms with Crippen LogP contribution in [0.4, 0.5) is 0 Å². The van der Waals surface area contributed by atoms with Crippen molar-refractivity contribution in [3.05, 3.63) is 12.7 Å². The van der Waals surface area contributed by atoms with Crippen LogP contribution in [0.25, 0.3) is 0 Å². The van der Waals surface area contributed by atoms with E-state index in [0.717, 1.165) is 38.5 Å². The van der Waals surface area contributed by atoms with E-state index < -0.39 is 11.4 Å². The smallest absolute Gasteiger partial charge is 0.309 e. The third kappa shape index (κ3) is 2.37. The molecule has 1 aliphatic rings. The standard InChI is InChI=1S/C12H20O2/c1-3-4-5-7-12(11(13)14)8-6-10(2)9-12/h3,10H,1,4-9H2,2H3,(H,13,14). The van der Waals surface area contributed by atoms with Gasteiger partial charge in [0, 0.05) is 0 Å². The van der Waals surface area contributed by atoms with Crippen LogP contribution in [0.2, 0.25) is 0 Å². The largest absolute Gasteiger partial charge is 0.481 e. The monoisotopic (exact) mass is 196 g/mol. The number of rotatable bonds is 5. The highest BCUT2D eigenvalue weighted by molar-refractivity contribution is 5.75. The molecule has 1 N–H and O–H groups in total. The third-order valence-corrected chi connectivity index (χ3v) is 3.37. The van der Waals surface area contributed by atoms with Crippen molar-refractivity contribution in [2.45, 2.75) is 45.4 Å². The van der Waals surface area contributed by atoms with E-state index in [1.807, 2.05) is 6.08 Å². The lowest BCUT2D eigenvalue weighted by Gasteiger charge is -2.23. The summed E-state index contributed by atoms with van der Waals surface area (Å²) in [6.07, 6.45) is 7.37. The average Bonchev–Trinajstić information content (AvgIpc) is 2.49. The summed E-state index contributed by atoms with van der Waals surface area (Å²) in [7, 11) is 0. The molecule has 0 saturated heterocycles. The molecule has 0 aliphatic heterocycles. The Morgan fingerprint density at radius 1 is 1.71 bits per heavy atom. The van der Waals surface area contributed by atoms with Crippen LogP contribution in [-0.2, 0) is 4.79 Å². The maximum Gasteiger partial charge on any atom is 0.309 e. The van der Waals surface area contributed by atoms with E-state index in [9.17, 15) is 9.90 Å². The molecule has 80 valence electrons. The van der Waals surface area contributed by atoms with Gasteiger partial charge in [0.05, 0.1) is 5.41 Å². The first-order valence-electron chi connectivity index (χ1n) is 5.45. The van der Waals surface area contributed by atoms with Crippen molar-refractivity contribution < 1.29 is 9.90 Å². The highest BCUT2D eigenvalue weighted by Gasteiger charge is 2.43. The molecule has 2 unspecified atom stereocenters. The molecule has 0 radical (unpaired) electrons. The molecule has 2 nitrogen and oxygen atoms in total. The summed E-state index contributed by atoms with van der Waals surface area (Å²) in [5.74, 6) is -0.0132. The molecular formula is C12H20O2. The number of hydrogen-bond acceptors (Lipinski definition) is 1. The van der Waals surface area contributed by atoms with Gasteiger partial charge in [-0.25, -0.2) is 0 Å². The van der Waals surface area contributed by atoms with Gasteiger partial charge < -0.3 is 5.11 Å². The molecule has 1 rings (SSSR count). The Morgan fingerprint density at radius 3 is 2.86 bits per heavy atom. The van der Waals surface area contributed by atoms with Crippen molar-refractivity contribution >= 4 is 5.97 Å². The number of carbonyl (C=O) groups is 1. The van der Waals surface area contributed by atoms with Gasteiger partial charge in [0.2, 0.25) is 0 Å².